The lowest BCUT2D eigenvalue weighted by atomic mass is 10.1. The maximum atomic E-state index is 6.16. The van der Waals surface area contributed by atoms with Gasteiger partial charge in [-0.1, -0.05) is 24.6 Å². The lowest BCUT2D eigenvalue weighted by Crippen LogP contribution is -2.13. The molecule has 112 valence electrons. The number of ether oxygens (including phenoxy) is 1. The highest BCUT2D eigenvalue weighted by Gasteiger charge is 2.09. The fraction of sp³-hybridized carbons (Fsp3) is 0.353. The molecule has 0 aliphatic rings. The van der Waals surface area contributed by atoms with Crippen molar-refractivity contribution in [1.82, 2.24) is 10.3 Å². The number of nitrogens with zero attached hydrogens (tertiary/aromatic N) is 1. The van der Waals surface area contributed by atoms with Crippen LogP contribution in [-0.4, -0.2) is 11.5 Å². The van der Waals surface area contributed by atoms with Crippen molar-refractivity contribution in [2.45, 2.75) is 34.2 Å². The summed E-state index contributed by atoms with van der Waals surface area (Å²) in [6, 6.07) is 7.81. The van der Waals surface area contributed by atoms with E-state index in [1.165, 1.54) is 11.1 Å². The molecule has 0 saturated carbocycles. The van der Waals surface area contributed by atoms with Gasteiger partial charge in [0, 0.05) is 12.6 Å². The van der Waals surface area contributed by atoms with Gasteiger partial charge in [0.15, 0.2) is 0 Å². The number of rotatable bonds is 5. The lowest BCUT2D eigenvalue weighted by Gasteiger charge is -2.12. The lowest BCUT2D eigenvalue weighted by molar-refractivity contribution is 0.455. The molecule has 1 N–H and O–H groups in total. The fourth-order valence-electron chi connectivity index (χ4n) is 2.11. The molecule has 1 aromatic carbocycles. The van der Waals surface area contributed by atoms with E-state index in [0.717, 1.165) is 23.6 Å². The van der Waals surface area contributed by atoms with Gasteiger partial charge in [0.05, 0.1) is 10.7 Å². The van der Waals surface area contributed by atoms with Crippen LogP contribution in [0.25, 0.3) is 0 Å². The molecule has 0 saturated heterocycles. The van der Waals surface area contributed by atoms with Crippen molar-refractivity contribution < 1.29 is 4.74 Å². The van der Waals surface area contributed by atoms with Crippen LogP contribution in [0.1, 0.15) is 29.3 Å². The zero-order chi connectivity index (χ0) is 15.4. The Morgan fingerprint density at radius 3 is 2.67 bits per heavy atom. The van der Waals surface area contributed by atoms with Crippen molar-refractivity contribution in [2.75, 3.05) is 6.54 Å². The third kappa shape index (κ3) is 3.96. The zero-order valence-electron chi connectivity index (χ0n) is 13.0. The summed E-state index contributed by atoms with van der Waals surface area (Å²) in [7, 11) is 0. The second kappa shape index (κ2) is 6.92. The highest BCUT2D eigenvalue weighted by molar-refractivity contribution is 6.31. The molecule has 2 aromatic rings. The molecule has 0 atom stereocenters. The van der Waals surface area contributed by atoms with E-state index >= 15 is 0 Å². The summed E-state index contributed by atoms with van der Waals surface area (Å²) in [4.78, 5) is 4.49. The summed E-state index contributed by atoms with van der Waals surface area (Å²) in [5, 5.41) is 3.88. The van der Waals surface area contributed by atoms with Gasteiger partial charge in [-0.25, -0.2) is 4.98 Å². The van der Waals surface area contributed by atoms with E-state index in [9.17, 15) is 0 Å². The molecule has 0 fully saturated rings. The summed E-state index contributed by atoms with van der Waals surface area (Å²) in [5.74, 6) is 1.41. The van der Waals surface area contributed by atoms with Crippen molar-refractivity contribution in [3.8, 4) is 11.6 Å². The van der Waals surface area contributed by atoms with Crippen LogP contribution in [0.2, 0.25) is 5.02 Å². The van der Waals surface area contributed by atoms with Gasteiger partial charge in [0.1, 0.15) is 5.75 Å². The minimum atomic E-state index is 0.570. The predicted molar refractivity (Wildman–Crippen MR) is 87.4 cm³/mol. The van der Waals surface area contributed by atoms with Gasteiger partial charge >= 0.3 is 0 Å². The van der Waals surface area contributed by atoms with Crippen molar-refractivity contribution in [2.24, 2.45) is 0 Å². The van der Waals surface area contributed by atoms with E-state index < -0.39 is 0 Å². The SMILES string of the molecule is CCNCc1nc(Oc2cc(C)cc(C)c2C)ccc1Cl. The molecule has 1 heterocycles. The Morgan fingerprint density at radius 1 is 1.19 bits per heavy atom. The Hall–Kier alpha value is -1.58. The van der Waals surface area contributed by atoms with E-state index in [1.54, 1.807) is 6.07 Å². The normalized spacial score (nSPS) is 10.7. The smallest absolute Gasteiger partial charge is 0.219 e. The second-order valence-corrected chi connectivity index (χ2v) is 5.57. The van der Waals surface area contributed by atoms with Gasteiger partial charge < -0.3 is 10.1 Å². The molecule has 0 aliphatic heterocycles. The van der Waals surface area contributed by atoms with Crippen molar-refractivity contribution in [3.05, 3.63) is 51.7 Å². The number of pyridine rings is 1. The number of hydrogen-bond acceptors (Lipinski definition) is 3. The van der Waals surface area contributed by atoms with Crippen molar-refractivity contribution in [1.29, 1.82) is 0 Å². The average molecular weight is 305 g/mol. The van der Waals surface area contributed by atoms with Crippen LogP contribution in [0.15, 0.2) is 24.3 Å². The summed E-state index contributed by atoms with van der Waals surface area (Å²) in [6.07, 6.45) is 0. The summed E-state index contributed by atoms with van der Waals surface area (Å²) >= 11 is 6.16. The van der Waals surface area contributed by atoms with E-state index in [0.29, 0.717) is 17.4 Å². The Kier molecular flexibility index (Phi) is 5.21. The number of aromatic nitrogens is 1. The first-order valence-electron chi connectivity index (χ1n) is 7.13. The van der Waals surface area contributed by atoms with Crippen LogP contribution in [0.3, 0.4) is 0 Å². The largest absolute Gasteiger partial charge is 0.439 e. The summed E-state index contributed by atoms with van der Waals surface area (Å²) in [6.45, 7) is 9.76. The Balaban J connectivity index is 2.27. The minimum Gasteiger partial charge on any atom is -0.439 e. The molecule has 3 nitrogen and oxygen atoms in total. The Morgan fingerprint density at radius 2 is 1.95 bits per heavy atom. The molecule has 1 aromatic heterocycles. The number of aryl methyl sites for hydroxylation is 2. The van der Waals surface area contributed by atoms with Crippen LogP contribution in [0, 0.1) is 20.8 Å². The first kappa shape index (κ1) is 15.8. The molecule has 21 heavy (non-hydrogen) atoms. The third-order valence-electron chi connectivity index (χ3n) is 3.41. The van der Waals surface area contributed by atoms with Gasteiger partial charge in [-0.2, -0.15) is 0 Å². The topological polar surface area (TPSA) is 34.2 Å². The Labute approximate surface area is 131 Å². The van der Waals surface area contributed by atoms with Crippen LogP contribution >= 0.6 is 11.6 Å². The number of benzene rings is 1. The number of hydrogen-bond donors (Lipinski definition) is 1. The van der Waals surface area contributed by atoms with Gasteiger partial charge in [-0.15, -0.1) is 0 Å². The van der Waals surface area contributed by atoms with Gasteiger partial charge in [-0.05, 0) is 56.1 Å². The third-order valence-corrected chi connectivity index (χ3v) is 3.76. The monoisotopic (exact) mass is 304 g/mol. The highest BCUT2D eigenvalue weighted by atomic mass is 35.5. The fourth-order valence-corrected chi connectivity index (χ4v) is 2.28. The quantitative estimate of drug-likeness (QED) is 0.879. The summed E-state index contributed by atoms with van der Waals surface area (Å²) < 4.78 is 5.95. The van der Waals surface area contributed by atoms with E-state index in [1.807, 2.05) is 19.1 Å². The molecular weight excluding hydrogens is 284 g/mol. The van der Waals surface area contributed by atoms with Crippen molar-refractivity contribution >= 4 is 11.6 Å². The van der Waals surface area contributed by atoms with Gasteiger partial charge in [0.25, 0.3) is 0 Å². The molecular formula is C17H21ClN2O. The van der Waals surface area contributed by atoms with E-state index in [2.05, 4.69) is 37.1 Å². The van der Waals surface area contributed by atoms with Crippen LogP contribution in [0.5, 0.6) is 11.6 Å². The molecule has 0 aliphatic carbocycles. The second-order valence-electron chi connectivity index (χ2n) is 5.17. The zero-order valence-corrected chi connectivity index (χ0v) is 13.7. The first-order valence-corrected chi connectivity index (χ1v) is 7.51. The summed E-state index contributed by atoms with van der Waals surface area (Å²) in [5.41, 5.74) is 4.32. The van der Waals surface area contributed by atoms with E-state index in [-0.39, 0.29) is 0 Å². The number of halogens is 1. The molecule has 0 amide bonds. The van der Waals surface area contributed by atoms with Crippen LogP contribution in [0.4, 0.5) is 0 Å². The highest BCUT2D eigenvalue weighted by Crippen LogP contribution is 2.28. The average Bonchev–Trinajstić information content (AvgIpc) is 2.44. The maximum Gasteiger partial charge on any atom is 0.219 e. The van der Waals surface area contributed by atoms with Gasteiger partial charge in [0.2, 0.25) is 5.88 Å². The molecule has 4 heteroatoms. The van der Waals surface area contributed by atoms with Gasteiger partial charge in [-0.3, -0.25) is 0 Å². The van der Waals surface area contributed by atoms with E-state index in [4.69, 9.17) is 16.3 Å². The number of nitrogens with one attached hydrogen (secondary N) is 1. The molecule has 0 spiro atoms. The standard InChI is InChI=1S/C17H21ClN2O/c1-5-19-10-15-14(18)6-7-17(20-15)21-16-9-11(2)8-12(3)13(16)4/h6-9,19H,5,10H2,1-4H3. The maximum absolute atomic E-state index is 6.16. The molecule has 0 bridgehead atoms. The minimum absolute atomic E-state index is 0.570. The van der Waals surface area contributed by atoms with Crippen LogP contribution in [-0.2, 0) is 6.54 Å². The first-order chi connectivity index (χ1) is 10.0. The van der Waals surface area contributed by atoms with Crippen LogP contribution < -0.4 is 10.1 Å². The molecule has 2 rings (SSSR count). The molecule has 0 radical (unpaired) electrons. The Bertz CT molecular complexity index is 641. The molecule has 0 unspecified atom stereocenters. The predicted octanol–water partition coefficient (Wildman–Crippen LogP) is 4.56. The van der Waals surface area contributed by atoms with Crippen molar-refractivity contribution in [3.63, 3.8) is 0 Å².